The third kappa shape index (κ3) is 5.75. The van der Waals surface area contributed by atoms with Crippen LogP contribution in [0.15, 0.2) is 67.1 Å². The third-order valence-electron chi connectivity index (χ3n) is 5.47. The number of ether oxygens (including phenoxy) is 2. The van der Waals surface area contributed by atoms with Gasteiger partial charge in [0, 0.05) is 50.2 Å². The molecule has 3 aromatic rings. The Labute approximate surface area is 188 Å². The highest BCUT2D eigenvalue weighted by Gasteiger charge is 2.24. The molecule has 4 rings (SSSR count). The van der Waals surface area contributed by atoms with Crippen LogP contribution in [0.4, 0.5) is 5.69 Å². The third-order valence-corrected chi connectivity index (χ3v) is 5.47. The number of anilines is 1. The Morgan fingerprint density at radius 1 is 1.16 bits per heavy atom. The van der Waals surface area contributed by atoms with E-state index in [9.17, 15) is 4.79 Å². The fourth-order valence-corrected chi connectivity index (χ4v) is 3.79. The lowest BCUT2D eigenvalue weighted by atomic mass is 10.1. The van der Waals surface area contributed by atoms with Crippen molar-refractivity contribution in [2.24, 2.45) is 0 Å². The van der Waals surface area contributed by atoms with Crippen molar-refractivity contribution < 1.29 is 14.3 Å². The highest BCUT2D eigenvalue weighted by atomic mass is 16.5. The van der Waals surface area contributed by atoms with Crippen molar-refractivity contribution in [1.82, 2.24) is 15.3 Å². The van der Waals surface area contributed by atoms with Gasteiger partial charge in [-0.25, -0.2) is 4.98 Å². The number of nitrogens with zero attached hydrogens (tertiary/aromatic N) is 3. The Balaban J connectivity index is 1.31. The van der Waals surface area contributed by atoms with Crippen LogP contribution in [0.25, 0.3) is 0 Å². The lowest BCUT2D eigenvalue weighted by Crippen LogP contribution is -2.25. The summed E-state index contributed by atoms with van der Waals surface area (Å²) in [6, 6.07) is 15.7. The summed E-state index contributed by atoms with van der Waals surface area (Å²) in [7, 11) is 0. The van der Waals surface area contributed by atoms with Crippen LogP contribution < -0.4 is 19.7 Å². The zero-order valence-electron chi connectivity index (χ0n) is 18.4. The number of benzene rings is 1. The highest BCUT2D eigenvalue weighted by molar-refractivity contribution is 5.73. The molecule has 0 unspecified atom stereocenters. The smallest absolute Gasteiger partial charge is 0.217 e. The van der Waals surface area contributed by atoms with E-state index in [1.165, 1.54) is 6.92 Å². The van der Waals surface area contributed by atoms with E-state index in [2.05, 4.69) is 20.2 Å². The minimum absolute atomic E-state index is 0.0230. The van der Waals surface area contributed by atoms with Gasteiger partial charge in [-0.2, -0.15) is 0 Å². The van der Waals surface area contributed by atoms with Crippen molar-refractivity contribution >= 4 is 11.6 Å². The zero-order valence-corrected chi connectivity index (χ0v) is 18.4. The summed E-state index contributed by atoms with van der Waals surface area (Å²) in [5, 5.41) is 2.89. The van der Waals surface area contributed by atoms with Gasteiger partial charge in [0.2, 0.25) is 11.8 Å². The van der Waals surface area contributed by atoms with Crippen LogP contribution in [-0.2, 0) is 11.4 Å². The lowest BCUT2D eigenvalue weighted by molar-refractivity contribution is -0.119. The van der Waals surface area contributed by atoms with Gasteiger partial charge in [0.1, 0.15) is 18.5 Å². The van der Waals surface area contributed by atoms with Crippen molar-refractivity contribution in [3.8, 4) is 11.6 Å². The van der Waals surface area contributed by atoms with Gasteiger partial charge >= 0.3 is 0 Å². The second-order valence-electron chi connectivity index (χ2n) is 7.96. The maximum absolute atomic E-state index is 11.2. The van der Waals surface area contributed by atoms with E-state index in [4.69, 9.17) is 9.47 Å². The van der Waals surface area contributed by atoms with Gasteiger partial charge in [0.05, 0.1) is 12.6 Å². The number of aromatic nitrogens is 2. The summed E-state index contributed by atoms with van der Waals surface area (Å²) >= 11 is 0. The van der Waals surface area contributed by atoms with Crippen molar-refractivity contribution in [2.75, 3.05) is 18.0 Å². The summed E-state index contributed by atoms with van der Waals surface area (Å²) in [6.07, 6.45) is 6.34. The summed E-state index contributed by atoms with van der Waals surface area (Å²) < 4.78 is 12.0. The molecule has 32 heavy (non-hydrogen) atoms. The van der Waals surface area contributed by atoms with E-state index in [0.29, 0.717) is 12.5 Å². The molecule has 1 aromatic carbocycles. The first-order valence-corrected chi connectivity index (χ1v) is 10.8. The topological polar surface area (TPSA) is 76.6 Å². The van der Waals surface area contributed by atoms with Crippen LogP contribution in [-0.4, -0.2) is 35.1 Å². The van der Waals surface area contributed by atoms with Crippen LogP contribution in [0.2, 0.25) is 0 Å². The van der Waals surface area contributed by atoms with E-state index in [-0.39, 0.29) is 18.1 Å². The van der Waals surface area contributed by atoms with Gasteiger partial charge < -0.3 is 19.7 Å². The first kappa shape index (κ1) is 21.6. The monoisotopic (exact) mass is 432 g/mol. The second kappa shape index (κ2) is 10.1. The molecule has 1 fully saturated rings. The molecule has 7 nitrogen and oxygen atoms in total. The molecular weight excluding hydrogens is 404 g/mol. The molecule has 1 aliphatic rings. The quantitative estimate of drug-likeness (QED) is 0.582. The summed E-state index contributed by atoms with van der Waals surface area (Å²) in [6.45, 7) is 5.67. The van der Waals surface area contributed by atoms with Crippen LogP contribution in [0.3, 0.4) is 0 Å². The number of hydrogen-bond donors (Lipinski definition) is 1. The molecule has 7 heteroatoms. The van der Waals surface area contributed by atoms with Gasteiger partial charge in [0.25, 0.3) is 0 Å². The summed E-state index contributed by atoms with van der Waals surface area (Å²) in [5.74, 6) is 1.41. The number of rotatable bonds is 8. The van der Waals surface area contributed by atoms with E-state index in [0.717, 1.165) is 42.1 Å². The minimum atomic E-state index is -0.0362. The molecule has 0 saturated carbocycles. The molecule has 1 amide bonds. The van der Waals surface area contributed by atoms with Gasteiger partial charge in [-0.05, 0) is 48.4 Å². The number of hydrogen-bond acceptors (Lipinski definition) is 6. The second-order valence-corrected chi connectivity index (χ2v) is 7.96. The van der Waals surface area contributed by atoms with E-state index in [1.807, 2.05) is 55.5 Å². The van der Waals surface area contributed by atoms with Crippen molar-refractivity contribution in [2.45, 2.75) is 39.0 Å². The molecule has 1 aliphatic heterocycles. The maximum Gasteiger partial charge on any atom is 0.217 e. The number of carbonyl (C=O) groups is 1. The van der Waals surface area contributed by atoms with Crippen LogP contribution in [0.1, 0.15) is 37.4 Å². The van der Waals surface area contributed by atoms with Gasteiger partial charge in [-0.1, -0.05) is 12.1 Å². The fraction of sp³-hybridized carbons (Fsp3) is 0.320. The number of pyridine rings is 2. The predicted octanol–water partition coefficient (Wildman–Crippen LogP) is 3.91. The largest absolute Gasteiger partial charge is 0.489 e. The molecule has 1 N–H and O–H groups in total. The lowest BCUT2D eigenvalue weighted by Gasteiger charge is -2.20. The van der Waals surface area contributed by atoms with Gasteiger partial charge in [0.15, 0.2) is 0 Å². The Kier molecular flexibility index (Phi) is 6.84. The van der Waals surface area contributed by atoms with Crippen LogP contribution in [0.5, 0.6) is 11.6 Å². The van der Waals surface area contributed by atoms with E-state index >= 15 is 0 Å². The molecule has 166 valence electrons. The van der Waals surface area contributed by atoms with Crippen LogP contribution >= 0.6 is 0 Å². The van der Waals surface area contributed by atoms with Crippen molar-refractivity contribution in [3.05, 3.63) is 78.2 Å². The molecule has 0 aliphatic carbocycles. The molecule has 2 aromatic heterocycles. The Morgan fingerprint density at radius 2 is 1.94 bits per heavy atom. The first-order chi connectivity index (χ1) is 15.6. The van der Waals surface area contributed by atoms with Gasteiger partial charge in [-0.15, -0.1) is 0 Å². The molecule has 0 bridgehead atoms. The fourth-order valence-electron chi connectivity index (χ4n) is 3.79. The van der Waals surface area contributed by atoms with E-state index in [1.54, 1.807) is 18.6 Å². The maximum atomic E-state index is 11.2. The predicted molar refractivity (Wildman–Crippen MR) is 123 cm³/mol. The normalized spacial score (nSPS) is 16.4. The molecule has 1 saturated heterocycles. The molecule has 0 radical (unpaired) electrons. The average molecular weight is 433 g/mol. The SMILES string of the molecule is CC(=O)N[C@@H](C)c1ccc(O[C@@H]2CCN(c3ccnc(OCc4ccncc4)c3)C2)cc1. The van der Waals surface area contributed by atoms with Crippen LogP contribution in [0, 0.1) is 0 Å². The standard InChI is InChI=1S/C25H28N4O3/c1-18(28-19(2)30)21-3-5-23(6-4-21)32-24-10-14-29(16-24)22-9-13-27-25(15-22)31-17-20-7-11-26-12-8-20/h3-9,11-13,15,18,24H,10,14,16-17H2,1-2H3,(H,28,30)/t18-,24+/m0/s1. The van der Waals surface area contributed by atoms with Crippen molar-refractivity contribution in [1.29, 1.82) is 0 Å². The number of nitrogens with one attached hydrogen (secondary N) is 1. The molecule has 3 heterocycles. The Bertz CT molecular complexity index is 1030. The number of carbonyl (C=O) groups excluding carboxylic acids is 1. The summed E-state index contributed by atoms with van der Waals surface area (Å²) in [5.41, 5.74) is 3.19. The molecule has 2 atom stereocenters. The number of amides is 1. The summed E-state index contributed by atoms with van der Waals surface area (Å²) in [4.78, 5) is 21.9. The molecular formula is C25H28N4O3. The average Bonchev–Trinajstić information content (AvgIpc) is 3.27. The molecule has 0 spiro atoms. The minimum Gasteiger partial charge on any atom is -0.489 e. The first-order valence-electron chi connectivity index (χ1n) is 10.8. The van der Waals surface area contributed by atoms with E-state index < -0.39 is 0 Å². The highest BCUT2D eigenvalue weighted by Crippen LogP contribution is 2.26. The van der Waals surface area contributed by atoms with Crippen molar-refractivity contribution in [3.63, 3.8) is 0 Å². The zero-order chi connectivity index (χ0) is 22.3. The van der Waals surface area contributed by atoms with Gasteiger partial charge in [-0.3, -0.25) is 9.78 Å². The Morgan fingerprint density at radius 3 is 2.69 bits per heavy atom. The Hall–Kier alpha value is -3.61.